The number of hydrogen-bond acceptors (Lipinski definition) is 4. The van der Waals surface area contributed by atoms with Gasteiger partial charge in [-0.2, -0.15) is 9.78 Å². The molecule has 0 aliphatic rings. The molecule has 0 saturated heterocycles. The highest BCUT2D eigenvalue weighted by atomic mass is 79.9. The van der Waals surface area contributed by atoms with Gasteiger partial charge in [0.15, 0.2) is 0 Å². The van der Waals surface area contributed by atoms with Gasteiger partial charge in [-0.25, -0.2) is 4.98 Å². The third-order valence-electron chi connectivity index (χ3n) is 4.22. The molecular formula is C22H19Br2N3O2. The number of aromatic nitrogens is 2. The molecule has 0 aliphatic heterocycles. The normalized spacial score (nSPS) is 11.1. The highest BCUT2D eigenvalue weighted by Crippen LogP contribution is 2.25. The highest BCUT2D eigenvalue weighted by Gasteiger charge is 2.11. The molecule has 0 aliphatic carbocycles. The molecule has 0 fully saturated rings. The fourth-order valence-corrected chi connectivity index (χ4v) is 3.64. The molecule has 0 radical (unpaired) electrons. The van der Waals surface area contributed by atoms with Gasteiger partial charge < -0.3 is 4.74 Å². The molecule has 0 spiro atoms. The van der Waals surface area contributed by atoms with E-state index in [2.05, 4.69) is 54.8 Å². The van der Waals surface area contributed by atoms with Crippen LogP contribution >= 0.6 is 31.9 Å². The molecule has 0 N–H and O–H groups in total. The summed E-state index contributed by atoms with van der Waals surface area (Å²) < 4.78 is 8.42. The van der Waals surface area contributed by atoms with Gasteiger partial charge in [-0.3, -0.25) is 4.79 Å². The van der Waals surface area contributed by atoms with Crippen LogP contribution < -0.4 is 10.3 Å². The zero-order valence-corrected chi connectivity index (χ0v) is 19.0. The van der Waals surface area contributed by atoms with Gasteiger partial charge in [-0.15, -0.1) is 6.42 Å². The Labute approximate surface area is 186 Å². The van der Waals surface area contributed by atoms with Crippen molar-refractivity contribution in [1.29, 1.82) is 0 Å². The Morgan fingerprint density at radius 1 is 1.28 bits per heavy atom. The lowest BCUT2D eigenvalue weighted by atomic mass is 10.2. The quantitative estimate of drug-likeness (QED) is 0.322. The standard InChI is InChI=1S/C22H19Br2N3O2/c1-3-5-6-21-26-19-9-8-16(23)13-17(19)22(28)27(21)25-14-15-7-10-20(18(24)12-15)29-11-4-2/h2,7-10,12-14H,3,5-6,11H2,1H3. The van der Waals surface area contributed by atoms with Crippen LogP contribution in [-0.4, -0.2) is 22.5 Å². The van der Waals surface area contributed by atoms with Crippen molar-refractivity contribution in [1.82, 2.24) is 9.66 Å². The zero-order chi connectivity index (χ0) is 20.8. The van der Waals surface area contributed by atoms with Gasteiger partial charge in [0.25, 0.3) is 5.56 Å². The molecule has 0 saturated carbocycles. The number of benzene rings is 2. The molecule has 1 aromatic heterocycles. The second-order valence-electron chi connectivity index (χ2n) is 6.34. The van der Waals surface area contributed by atoms with Crippen molar-refractivity contribution in [3.8, 4) is 18.1 Å². The number of hydrogen-bond donors (Lipinski definition) is 0. The van der Waals surface area contributed by atoms with E-state index in [0.29, 0.717) is 28.9 Å². The van der Waals surface area contributed by atoms with Crippen molar-refractivity contribution in [2.75, 3.05) is 6.61 Å². The molecule has 0 unspecified atom stereocenters. The van der Waals surface area contributed by atoms with Gasteiger partial charge in [0.05, 0.1) is 21.6 Å². The predicted octanol–water partition coefficient (Wildman–Crippen LogP) is 5.16. The van der Waals surface area contributed by atoms with Gasteiger partial charge in [0.2, 0.25) is 0 Å². The number of ether oxygens (including phenoxy) is 1. The van der Waals surface area contributed by atoms with E-state index in [-0.39, 0.29) is 12.2 Å². The Hall–Kier alpha value is -2.43. The van der Waals surface area contributed by atoms with Crippen molar-refractivity contribution in [3.05, 3.63) is 67.1 Å². The molecule has 0 amide bonds. The Bertz CT molecular complexity index is 1160. The van der Waals surface area contributed by atoms with E-state index in [9.17, 15) is 4.79 Å². The monoisotopic (exact) mass is 515 g/mol. The molecule has 3 aromatic rings. The van der Waals surface area contributed by atoms with Gasteiger partial charge in [-0.05, 0) is 64.3 Å². The number of rotatable bonds is 7. The van der Waals surface area contributed by atoms with Gasteiger partial charge in [0.1, 0.15) is 18.2 Å². The van der Waals surface area contributed by atoms with Crippen LogP contribution in [-0.2, 0) is 6.42 Å². The summed E-state index contributed by atoms with van der Waals surface area (Å²) >= 11 is 6.88. The summed E-state index contributed by atoms with van der Waals surface area (Å²) in [5.41, 5.74) is 1.30. The lowest BCUT2D eigenvalue weighted by Gasteiger charge is -2.09. The van der Waals surface area contributed by atoms with Crippen LogP contribution in [0, 0.1) is 12.3 Å². The molecule has 0 bridgehead atoms. The summed E-state index contributed by atoms with van der Waals surface area (Å²) in [5.74, 6) is 3.73. The highest BCUT2D eigenvalue weighted by molar-refractivity contribution is 9.10. The molecule has 2 aromatic carbocycles. The fourth-order valence-electron chi connectivity index (χ4n) is 2.77. The van der Waals surface area contributed by atoms with Crippen LogP contribution in [0.4, 0.5) is 0 Å². The first-order valence-corrected chi connectivity index (χ1v) is 10.7. The van der Waals surface area contributed by atoms with Crippen molar-refractivity contribution in [2.45, 2.75) is 26.2 Å². The van der Waals surface area contributed by atoms with Crippen LogP contribution in [0.15, 0.2) is 55.2 Å². The first-order chi connectivity index (χ1) is 14.0. The molecular weight excluding hydrogens is 498 g/mol. The summed E-state index contributed by atoms with van der Waals surface area (Å²) in [4.78, 5) is 17.7. The van der Waals surface area contributed by atoms with Crippen molar-refractivity contribution >= 4 is 49.0 Å². The zero-order valence-electron chi connectivity index (χ0n) is 15.9. The minimum atomic E-state index is -0.188. The molecule has 0 atom stereocenters. The fraction of sp³-hybridized carbons (Fsp3) is 0.227. The minimum absolute atomic E-state index is 0.188. The maximum atomic E-state index is 13.1. The van der Waals surface area contributed by atoms with Gasteiger partial charge in [0, 0.05) is 10.9 Å². The molecule has 148 valence electrons. The maximum absolute atomic E-state index is 13.1. The largest absolute Gasteiger partial charge is 0.480 e. The number of aryl methyl sites for hydroxylation is 1. The van der Waals surface area contributed by atoms with E-state index in [1.165, 1.54) is 4.68 Å². The van der Waals surface area contributed by atoms with E-state index >= 15 is 0 Å². The van der Waals surface area contributed by atoms with E-state index in [1.54, 1.807) is 18.3 Å². The predicted molar refractivity (Wildman–Crippen MR) is 124 cm³/mol. The number of fused-ring (bicyclic) bond motifs is 1. The summed E-state index contributed by atoms with van der Waals surface area (Å²) in [6.07, 6.45) is 9.47. The van der Waals surface area contributed by atoms with Crippen LogP contribution in [0.3, 0.4) is 0 Å². The van der Waals surface area contributed by atoms with E-state index in [4.69, 9.17) is 11.2 Å². The van der Waals surface area contributed by atoms with Crippen LogP contribution in [0.2, 0.25) is 0 Å². The molecule has 5 nitrogen and oxygen atoms in total. The Morgan fingerprint density at radius 3 is 2.83 bits per heavy atom. The molecule has 1 heterocycles. The summed E-state index contributed by atoms with van der Waals surface area (Å²) in [5, 5.41) is 4.97. The first kappa shape index (κ1) is 21.3. The van der Waals surface area contributed by atoms with Crippen molar-refractivity contribution in [3.63, 3.8) is 0 Å². The Morgan fingerprint density at radius 2 is 2.10 bits per heavy atom. The summed E-state index contributed by atoms with van der Waals surface area (Å²) in [6, 6.07) is 11.0. The Balaban J connectivity index is 2.01. The van der Waals surface area contributed by atoms with Crippen LogP contribution in [0.5, 0.6) is 5.75 Å². The van der Waals surface area contributed by atoms with E-state index in [0.717, 1.165) is 27.4 Å². The summed E-state index contributed by atoms with van der Waals surface area (Å²) in [7, 11) is 0. The van der Waals surface area contributed by atoms with Crippen LogP contribution in [0.25, 0.3) is 10.9 Å². The van der Waals surface area contributed by atoms with Crippen molar-refractivity contribution in [2.24, 2.45) is 5.10 Å². The molecule has 7 heteroatoms. The topological polar surface area (TPSA) is 56.5 Å². The average molecular weight is 517 g/mol. The SMILES string of the molecule is C#CCOc1ccc(C=Nn2c(CCCC)nc3ccc(Br)cc3c2=O)cc1Br. The second kappa shape index (κ2) is 9.86. The number of unbranched alkanes of at least 4 members (excludes halogenated alkanes) is 1. The summed E-state index contributed by atoms with van der Waals surface area (Å²) in [6.45, 7) is 2.30. The van der Waals surface area contributed by atoms with Gasteiger partial charge >= 0.3 is 0 Å². The maximum Gasteiger partial charge on any atom is 0.282 e. The third-order valence-corrected chi connectivity index (χ3v) is 5.33. The molecule has 3 rings (SSSR count). The van der Waals surface area contributed by atoms with E-state index in [1.807, 2.05) is 24.3 Å². The lowest BCUT2D eigenvalue weighted by Crippen LogP contribution is -2.22. The smallest absolute Gasteiger partial charge is 0.282 e. The third kappa shape index (κ3) is 5.14. The van der Waals surface area contributed by atoms with E-state index < -0.39 is 0 Å². The minimum Gasteiger partial charge on any atom is -0.480 e. The lowest BCUT2D eigenvalue weighted by molar-refractivity contribution is 0.368. The van der Waals surface area contributed by atoms with Crippen LogP contribution in [0.1, 0.15) is 31.2 Å². The first-order valence-electron chi connectivity index (χ1n) is 9.15. The number of halogens is 2. The average Bonchev–Trinajstić information content (AvgIpc) is 2.71. The van der Waals surface area contributed by atoms with Gasteiger partial charge in [-0.1, -0.05) is 35.2 Å². The number of terminal acetylenes is 1. The second-order valence-corrected chi connectivity index (χ2v) is 8.11. The molecule has 29 heavy (non-hydrogen) atoms. The Kier molecular flexibility index (Phi) is 7.24. The number of nitrogens with zero attached hydrogens (tertiary/aromatic N) is 3. The van der Waals surface area contributed by atoms with Crippen molar-refractivity contribution < 1.29 is 4.74 Å².